The van der Waals surface area contributed by atoms with Gasteiger partial charge < -0.3 is 19.6 Å². The molecular formula is C30H40Cl2N4O2. The molecule has 2 heterocycles. The van der Waals surface area contributed by atoms with E-state index < -0.39 is 0 Å². The normalized spacial score (nSPS) is 17.4. The van der Waals surface area contributed by atoms with E-state index in [4.69, 9.17) is 23.2 Å². The maximum absolute atomic E-state index is 13.7. The number of carbonyl (C=O) groups excluding carboxylic acids is 2. The molecule has 0 unspecified atom stereocenters. The van der Waals surface area contributed by atoms with Crippen molar-refractivity contribution >= 4 is 40.8 Å². The second-order valence-corrected chi connectivity index (χ2v) is 11.7. The van der Waals surface area contributed by atoms with Crippen molar-refractivity contribution in [1.29, 1.82) is 0 Å². The van der Waals surface area contributed by atoms with Gasteiger partial charge in [0, 0.05) is 45.3 Å². The van der Waals surface area contributed by atoms with E-state index in [0.29, 0.717) is 42.5 Å². The van der Waals surface area contributed by atoms with Crippen molar-refractivity contribution in [3.05, 3.63) is 64.1 Å². The Kier molecular flexibility index (Phi) is 10.3. The third-order valence-corrected chi connectivity index (χ3v) is 8.65. The summed E-state index contributed by atoms with van der Waals surface area (Å²) in [6.07, 6.45) is 5.83. The lowest BCUT2D eigenvalue weighted by Gasteiger charge is -2.36. The number of anilines is 1. The third-order valence-electron chi connectivity index (χ3n) is 7.91. The number of hydrogen-bond donors (Lipinski definition) is 0. The first-order valence-electron chi connectivity index (χ1n) is 13.8. The zero-order valence-electron chi connectivity index (χ0n) is 22.6. The van der Waals surface area contributed by atoms with Crippen molar-refractivity contribution < 1.29 is 9.59 Å². The molecule has 4 rings (SSSR count). The van der Waals surface area contributed by atoms with Crippen LogP contribution < -0.4 is 4.90 Å². The highest BCUT2D eigenvalue weighted by atomic mass is 35.5. The van der Waals surface area contributed by atoms with Gasteiger partial charge in [-0.25, -0.2) is 4.79 Å². The summed E-state index contributed by atoms with van der Waals surface area (Å²) < 4.78 is 0. The Morgan fingerprint density at radius 3 is 2.21 bits per heavy atom. The largest absolute Gasteiger partial charge is 0.331 e. The molecule has 0 saturated carbocycles. The van der Waals surface area contributed by atoms with Crippen molar-refractivity contribution in [2.45, 2.75) is 38.5 Å². The summed E-state index contributed by atoms with van der Waals surface area (Å²) >= 11 is 12.5. The summed E-state index contributed by atoms with van der Waals surface area (Å²) in [6, 6.07) is 16.2. The van der Waals surface area contributed by atoms with E-state index in [9.17, 15) is 9.59 Å². The molecule has 0 N–H and O–H groups in total. The quantitative estimate of drug-likeness (QED) is 0.395. The minimum absolute atomic E-state index is 0.00442. The molecule has 2 fully saturated rings. The highest BCUT2D eigenvalue weighted by Gasteiger charge is 2.31. The molecule has 2 aliphatic rings. The van der Waals surface area contributed by atoms with Crippen molar-refractivity contribution in [2.24, 2.45) is 11.8 Å². The molecule has 8 heteroatoms. The number of hydrogen-bond acceptors (Lipinski definition) is 3. The van der Waals surface area contributed by atoms with Crippen LogP contribution in [0, 0.1) is 11.8 Å². The Hall–Kier alpha value is -2.28. The summed E-state index contributed by atoms with van der Waals surface area (Å²) in [7, 11) is 3.52. The zero-order chi connectivity index (χ0) is 27.1. The monoisotopic (exact) mass is 558 g/mol. The van der Waals surface area contributed by atoms with E-state index in [2.05, 4.69) is 35.2 Å². The van der Waals surface area contributed by atoms with Crippen molar-refractivity contribution in [3.8, 4) is 0 Å². The van der Waals surface area contributed by atoms with Crippen LogP contribution in [-0.4, -0.2) is 80.0 Å². The second-order valence-electron chi connectivity index (χ2n) is 10.9. The van der Waals surface area contributed by atoms with Gasteiger partial charge in [-0.15, -0.1) is 0 Å². The average Bonchev–Trinajstić information content (AvgIpc) is 2.93. The molecule has 0 spiro atoms. The fourth-order valence-corrected chi connectivity index (χ4v) is 5.95. The van der Waals surface area contributed by atoms with Gasteiger partial charge in [0.05, 0.1) is 10.0 Å². The van der Waals surface area contributed by atoms with E-state index in [1.807, 2.05) is 15.9 Å². The maximum Gasteiger partial charge on any atom is 0.319 e. The number of carbonyl (C=O) groups is 2. The standard InChI is InChI=1S/C30H40Cl2N4O2/c1-33(2)30(38)35-19-13-25(14-20-35)29(37)36(26-9-10-27(31)28(32)22-26)16-6-15-34-17-11-24(12-18-34)21-23-7-4-3-5-8-23/h3-5,7-10,22,24-25H,6,11-21H2,1-2H3. The van der Waals surface area contributed by atoms with Gasteiger partial charge in [0.15, 0.2) is 0 Å². The highest BCUT2D eigenvalue weighted by Crippen LogP contribution is 2.30. The third kappa shape index (κ3) is 7.64. The number of rotatable bonds is 8. The van der Waals surface area contributed by atoms with Crippen LogP contribution >= 0.6 is 23.2 Å². The van der Waals surface area contributed by atoms with Crippen molar-refractivity contribution in [2.75, 3.05) is 58.3 Å². The van der Waals surface area contributed by atoms with E-state index >= 15 is 0 Å². The van der Waals surface area contributed by atoms with Gasteiger partial charge in [-0.2, -0.15) is 0 Å². The number of benzene rings is 2. The molecule has 6 nitrogen and oxygen atoms in total. The lowest BCUT2D eigenvalue weighted by molar-refractivity contribution is -0.123. The van der Waals surface area contributed by atoms with Crippen LogP contribution in [0.15, 0.2) is 48.5 Å². The molecule has 0 aliphatic carbocycles. The van der Waals surface area contributed by atoms with Gasteiger partial charge in [0.2, 0.25) is 5.91 Å². The molecule has 2 saturated heterocycles. The van der Waals surface area contributed by atoms with Crippen LogP contribution in [0.2, 0.25) is 10.0 Å². The lowest BCUT2D eigenvalue weighted by Crippen LogP contribution is -2.47. The number of amides is 3. The molecule has 0 bridgehead atoms. The second kappa shape index (κ2) is 13.7. The fraction of sp³-hybridized carbons (Fsp3) is 0.533. The average molecular weight is 560 g/mol. The SMILES string of the molecule is CN(C)C(=O)N1CCC(C(=O)N(CCCN2CCC(Cc3ccccc3)CC2)c2ccc(Cl)c(Cl)c2)CC1. The van der Waals surface area contributed by atoms with Crippen molar-refractivity contribution in [1.82, 2.24) is 14.7 Å². The Balaban J connectivity index is 1.32. The van der Waals surface area contributed by atoms with Gasteiger partial charge in [-0.1, -0.05) is 53.5 Å². The summed E-state index contributed by atoms with van der Waals surface area (Å²) in [5.74, 6) is 0.750. The number of urea groups is 1. The first-order valence-corrected chi connectivity index (χ1v) is 14.6. The Morgan fingerprint density at radius 1 is 0.895 bits per heavy atom. The Labute approximate surface area is 237 Å². The Bertz CT molecular complexity index is 1070. The molecule has 2 aromatic carbocycles. The van der Waals surface area contributed by atoms with Crippen LogP contribution in [0.25, 0.3) is 0 Å². The van der Waals surface area contributed by atoms with E-state index in [0.717, 1.165) is 44.1 Å². The molecule has 3 amide bonds. The number of halogens is 2. The molecular weight excluding hydrogens is 519 g/mol. The molecule has 2 aliphatic heterocycles. The first-order chi connectivity index (χ1) is 18.3. The Morgan fingerprint density at radius 2 is 1.58 bits per heavy atom. The molecule has 2 aromatic rings. The molecule has 38 heavy (non-hydrogen) atoms. The van der Waals surface area contributed by atoms with Gasteiger partial charge in [-0.3, -0.25) is 4.79 Å². The van der Waals surface area contributed by atoms with Crippen LogP contribution in [0.4, 0.5) is 10.5 Å². The maximum atomic E-state index is 13.7. The number of likely N-dealkylation sites (tertiary alicyclic amines) is 2. The summed E-state index contributed by atoms with van der Waals surface area (Å²) in [4.78, 5) is 33.9. The van der Waals surface area contributed by atoms with Crippen LogP contribution in [-0.2, 0) is 11.2 Å². The molecule has 206 valence electrons. The first kappa shape index (κ1) is 28.7. The zero-order valence-corrected chi connectivity index (χ0v) is 24.1. The summed E-state index contributed by atoms with van der Waals surface area (Å²) in [5.41, 5.74) is 2.22. The smallest absolute Gasteiger partial charge is 0.319 e. The van der Waals surface area contributed by atoms with E-state index in [-0.39, 0.29) is 17.9 Å². The van der Waals surface area contributed by atoms with Crippen LogP contribution in [0.5, 0.6) is 0 Å². The van der Waals surface area contributed by atoms with Crippen LogP contribution in [0.1, 0.15) is 37.7 Å². The minimum atomic E-state index is -0.107. The lowest BCUT2D eigenvalue weighted by atomic mass is 9.90. The predicted octanol–water partition coefficient (Wildman–Crippen LogP) is 6.06. The van der Waals surface area contributed by atoms with Gasteiger partial charge in [-0.05, 0) is 87.8 Å². The van der Waals surface area contributed by atoms with Crippen LogP contribution in [0.3, 0.4) is 0 Å². The molecule has 0 radical (unpaired) electrons. The fourth-order valence-electron chi connectivity index (χ4n) is 5.65. The minimum Gasteiger partial charge on any atom is -0.331 e. The van der Waals surface area contributed by atoms with Gasteiger partial charge in [0.25, 0.3) is 0 Å². The number of nitrogens with zero attached hydrogens (tertiary/aromatic N) is 4. The topological polar surface area (TPSA) is 47.1 Å². The summed E-state index contributed by atoms with van der Waals surface area (Å²) in [6.45, 7) is 5.02. The van der Waals surface area contributed by atoms with Gasteiger partial charge in [0.1, 0.15) is 0 Å². The number of piperidine rings is 2. The van der Waals surface area contributed by atoms with E-state index in [1.165, 1.54) is 18.4 Å². The van der Waals surface area contributed by atoms with Gasteiger partial charge >= 0.3 is 6.03 Å². The predicted molar refractivity (Wildman–Crippen MR) is 156 cm³/mol. The molecule has 0 atom stereocenters. The van der Waals surface area contributed by atoms with Crippen molar-refractivity contribution in [3.63, 3.8) is 0 Å². The highest BCUT2D eigenvalue weighted by molar-refractivity contribution is 6.42. The molecule has 0 aromatic heterocycles. The summed E-state index contributed by atoms with van der Waals surface area (Å²) in [5, 5.41) is 0.936. The van der Waals surface area contributed by atoms with E-state index in [1.54, 1.807) is 31.1 Å².